The van der Waals surface area contributed by atoms with Crippen LogP contribution in [0.4, 0.5) is 65.9 Å². The normalized spacial score (nSPS) is 13.4. The number of hydrogen-bond donors (Lipinski definition) is 1. The van der Waals surface area contributed by atoms with E-state index >= 15 is 0 Å². The molecule has 1 aliphatic heterocycles. The topological polar surface area (TPSA) is 182 Å². The zero-order valence-electron chi connectivity index (χ0n) is 39.7. The quantitative estimate of drug-likeness (QED) is 0.0160. The number of nitrogens with one attached hydrogen (secondary N) is 1. The number of halogens is 15. The Morgan fingerprint density at radius 2 is 0.833 bits per heavy atom. The number of nitrogens with zero attached hydrogens (tertiary/aromatic N) is 1. The van der Waals surface area contributed by atoms with E-state index < -0.39 is 211 Å². The fraction of sp³-hybridized carbons (Fsp3) is 0.375. The predicted octanol–water partition coefficient (Wildman–Crippen LogP) is 7.87. The molecule has 0 spiro atoms. The van der Waals surface area contributed by atoms with Crippen LogP contribution < -0.4 is 19.5 Å². The Morgan fingerprint density at radius 3 is 1.21 bits per heavy atom. The summed E-state index contributed by atoms with van der Waals surface area (Å²) in [7, 11) is 0. The number of carbonyl (C=O) groups excluding carboxylic acids is 6. The molecule has 1 heterocycles. The number of esters is 4. The minimum atomic E-state index is -2.59. The van der Waals surface area contributed by atoms with Gasteiger partial charge in [0.15, 0.2) is 0 Å². The molecule has 78 heavy (non-hydrogen) atoms. The average molecular weight is 1140 g/mol. The minimum Gasteiger partial charge on any atom is -0.461 e. The number of rotatable bonds is 26. The summed E-state index contributed by atoms with van der Waals surface area (Å²) < 4.78 is 243. The van der Waals surface area contributed by atoms with Crippen LogP contribution in [-0.2, 0) is 54.3 Å². The van der Waals surface area contributed by atoms with Crippen molar-refractivity contribution in [3.05, 3.63) is 123 Å². The second-order valence-corrected chi connectivity index (χ2v) is 16.5. The van der Waals surface area contributed by atoms with Crippen LogP contribution >= 0.6 is 0 Å². The number of ether oxygens (including phenoxy) is 7. The molecular weight excluding hydrogens is 1100 g/mol. The Bertz CT molecular complexity index is 2590. The van der Waals surface area contributed by atoms with E-state index in [2.05, 4.69) is 19.5 Å². The van der Waals surface area contributed by atoms with Gasteiger partial charge in [-0.3, -0.25) is 28.8 Å². The van der Waals surface area contributed by atoms with Crippen molar-refractivity contribution >= 4 is 35.7 Å². The van der Waals surface area contributed by atoms with E-state index in [4.69, 9.17) is 18.9 Å². The van der Waals surface area contributed by atoms with E-state index in [1.54, 1.807) is 30.3 Å². The van der Waals surface area contributed by atoms with Crippen molar-refractivity contribution in [3.63, 3.8) is 0 Å². The molecule has 0 saturated carbocycles. The van der Waals surface area contributed by atoms with Crippen LogP contribution in [0, 0.1) is 87.3 Å². The Balaban J connectivity index is 1.35. The molecule has 1 atom stereocenters. The summed E-state index contributed by atoms with van der Waals surface area (Å²) in [4.78, 5) is 78.8. The lowest BCUT2D eigenvalue weighted by atomic mass is 10.0. The van der Waals surface area contributed by atoms with Crippen molar-refractivity contribution in [1.82, 2.24) is 10.2 Å². The highest BCUT2D eigenvalue weighted by Crippen LogP contribution is 2.32. The first-order valence-electron chi connectivity index (χ1n) is 22.6. The van der Waals surface area contributed by atoms with Gasteiger partial charge >= 0.3 is 23.9 Å². The second kappa shape index (κ2) is 27.7. The third kappa shape index (κ3) is 15.4. The lowest BCUT2D eigenvalue weighted by Crippen LogP contribution is -2.62. The third-order valence-electron chi connectivity index (χ3n) is 10.9. The molecule has 30 heteroatoms. The van der Waals surface area contributed by atoms with E-state index in [1.807, 2.05) is 0 Å². The Hall–Kier alpha value is -7.47. The van der Waals surface area contributed by atoms with Gasteiger partial charge in [0, 0.05) is 19.4 Å². The number of likely N-dealkylation sites (tertiary alicyclic amines) is 1. The molecule has 0 bridgehead atoms. The Morgan fingerprint density at radius 1 is 0.474 bits per heavy atom. The second-order valence-electron chi connectivity index (χ2n) is 16.5. The van der Waals surface area contributed by atoms with Crippen LogP contribution in [0.3, 0.4) is 0 Å². The highest BCUT2D eigenvalue weighted by atomic mass is 19.2. The zero-order valence-corrected chi connectivity index (χ0v) is 39.7. The van der Waals surface area contributed by atoms with Crippen LogP contribution in [0.1, 0.15) is 56.9 Å². The molecule has 4 aromatic rings. The highest BCUT2D eigenvalue weighted by Gasteiger charge is 2.41. The van der Waals surface area contributed by atoms with Crippen LogP contribution in [0.15, 0.2) is 30.3 Å². The summed E-state index contributed by atoms with van der Waals surface area (Å²) in [6, 6.07) is 7.22. The average Bonchev–Trinajstić information content (AvgIpc) is 3.95. The Kier molecular flexibility index (Phi) is 21.8. The van der Waals surface area contributed by atoms with Crippen molar-refractivity contribution in [2.75, 3.05) is 46.2 Å². The maximum Gasteiger partial charge on any atom is 0.313 e. The van der Waals surface area contributed by atoms with Gasteiger partial charge in [-0.05, 0) is 24.8 Å². The van der Waals surface area contributed by atoms with Crippen molar-refractivity contribution in [1.29, 1.82) is 0 Å². The molecule has 424 valence electrons. The van der Waals surface area contributed by atoms with Gasteiger partial charge in [-0.15, -0.1) is 0 Å². The van der Waals surface area contributed by atoms with Crippen LogP contribution in [0.25, 0.3) is 0 Å². The SMILES string of the molecule is O=C(CCCC(=O)N1CCCC1C(=O)NC(COCCC(=O)Oc1c(F)c(F)c(F)c(F)c1F)(COCCC(=O)Oc1c(F)c(F)c(F)c(F)c1F)COCCC(=O)Oc1c(F)c(F)c(F)c(F)c1F)OCc1ccccc1. The molecule has 1 unspecified atom stereocenters. The van der Waals surface area contributed by atoms with Crippen LogP contribution in [0.5, 0.6) is 17.2 Å². The van der Waals surface area contributed by atoms with Gasteiger partial charge in [-0.25, -0.2) is 39.5 Å². The molecule has 1 fully saturated rings. The molecule has 1 N–H and O–H groups in total. The molecule has 0 aliphatic carbocycles. The fourth-order valence-electron chi connectivity index (χ4n) is 7.04. The summed E-state index contributed by atoms with van der Waals surface area (Å²) in [6.45, 7) is -5.89. The number of amides is 2. The molecule has 15 nitrogen and oxygen atoms in total. The molecule has 1 saturated heterocycles. The van der Waals surface area contributed by atoms with Crippen molar-refractivity contribution in [2.24, 2.45) is 0 Å². The van der Waals surface area contributed by atoms with Gasteiger partial charge < -0.3 is 43.4 Å². The van der Waals surface area contributed by atoms with E-state index in [1.165, 1.54) is 0 Å². The van der Waals surface area contributed by atoms with Crippen LogP contribution in [0.2, 0.25) is 0 Å². The smallest absolute Gasteiger partial charge is 0.313 e. The van der Waals surface area contributed by atoms with Gasteiger partial charge in [-0.1, -0.05) is 30.3 Å². The Labute approximate surface area is 429 Å². The van der Waals surface area contributed by atoms with Gasteiger partial charge in [0.2, 0.25) is 116 Å². The molecule has 2 amide bonds. The van der Waals surface area contributed by atoms with Crippen molar-refractivity contribution in [2.45, 2.75) is 69.6 Å². The van der Waals surface area contributed by atoms with E-state index in [-0.39, 0.29) is 45.3 Å². The highest BCUT2D eigenvalue weighted by molar-refractivity contribution is 5.89. The largest absolute Gasteiger partial charge is 0.461 e. The van der Waals surface area contributed by atoms with Gasteiger partial charge in [0.1, 0.15) is 18.2 Å². The van der Waals surface area contributed by atoms with Crippen molar-refractivity contribution in [3.8, 4) is 17.2 Å². The number of benzene rings is 4. The molecule has 0 aromatic heterocycles. The van der Waals surface area contributed by atoms with E-state index in [0.717, 1.165) is 4.90 Å². The summed E-state index contributed by atoms with van der Waals surface area (Å²) in [5.74, 6) is -51.3. The molecule has 4 aromatic carbocycles. The van der Waals surface area contributed by atoms with Gasteiger partial charge in [-0.2, -0.15) is 26.3 Å². The maximum absolute atomic E-state index is 14.2. The van der Waals surface area contributed by atoms with E-state index in [0.29, 0.717) is 5.56 Å². The first kappa shape index (κ1) is 61.4. The molecule has 5 rings (SSSR count). The summed E-state index contributed by atoms with van der Waals surface area (Å²) in [6.07, 6.45) is -3.67. The number of carbonyl (C=O) groups is 6. The summed E-state index contributed by atoms with van der Waals surface area (Å²) in [5, 5.41) is 2.46. The van der Waals surface area contributed by atoms with E-state index in [9.17, 15) is 94.6 Å². The standard InChI is InChI=1S/C48H39F15N2O13/c49-29-32(52)38(58)44(39(59)33(29)53)76-26(68)11-15-72-19-48(20-73-16-12-27(69)77-45-40(60)34(54)30(50)35(55)41(45)61,21-74-17-13-28(70)78-46-42(62)36(56)31(51)37(57)43(46)63)64-47(71)23-8-5-14-65(23)24(66)9-4-10-25(67)75-18-22-6-2-1-3-7-22/h1-3,6-7,23H,4-5,8-21H2,(H,64,71). The molecular formula is C48H39F15N2O13. The fourth-order valence-corrected chi connectivity index (χ4v) is 7.04. The first-order chi connectivity index (χ1) is 36.9. The monoisotopic (exact) mass is 1140 g/mol. The predicted molar refractivity (Wildman–Crippen MR) is 228 cm³/mol. The lowest BCUT2D eigenvalue weighted by Gasteiger charge is -2.36. The summed E-state index contributed by atoms with van der Waals surface area (Å²) in [5.41, 5.74) is -1.58. The molecule has 1 aliphatic rings. The zero-order chi connectivity index (χ0) is 57.6. The molecule has 0 radical (unpaired) electrons. The lowest BCUT2D eigenvalue weighted by molar-refractivity contribution is -0.145. The van der Waals surface area contributed by atoms with Gasteiger partial charge in [0.05, 0.1) is 58.9 Å². The van der Waals surface area contributed by atoms with Crippen molar-refractivity contribution < 1.29 is 128 Å². The first-order valence-corrected chi connectivity index (χ1v) is 22.6. The van der Waals surface area contributed by atoms with Gasteiger partial charge in [0.25, 0.3) is 0 Å². The minimum absolute atomic E-state index is 0.0344. The third-order valence-corrected chi connectivity index (χ3v) is 10.9. The number of hydrogen-bond acceptors (Lipinski definition) is 13. The van der Waals surface area contributed by atoms with Crippen LogP contribution in [-0.4, -0.2) is 98.4 Å². The summed E-state index contributed by atoms with van der Waals surface area (Å²) >= 11 is 0. The maximum atomic E-state index is 14.2.